The summed E-state index contributed by atoms with van der Waals surface area (Å²) >= 11 is 5.83. The van der Waals surface area contributed by atoms with Crippen LogP contribution < -0.4 is 5.73 Å². The average molecular weight is 395 g/mol. The van der Waals surface area contributed by atoms with Crippen LogP contribution in [0.4, 0.5) is 0 Å². The second-order valence-electron chi connectivity index (χ2n) is 5.85. The highest BCUT2D eigenvalue weighted by Gasteiger charge is 2.36. The molecule has 2 N–H and O–H groups in total. The zero-order valence-electron chi connectivity index (χ0n) is 13.6. The van der Waals surface area contributed by atoms with E-state index in [2.05, 4.69) is 4.98 Å². The minimum Gasteiger partial charge on any atom is -0.422 e. The minimum absolute atomic E-state index is 0.0174. The third-order valence-electron chi connectivity index (χ3n) is 4.22. The smallest absolute Gasteiger partial charge is 0.279 e. The summed E-state index contributed by atoms with van der Waals surface area (Å²) < 4.78 is 32.3. The van der Waals surface area contributed by atoms with Crippen molar-refractivity contribution < 1.29 is 17.6 Å². The van der Waals surface area contributed by atoms with E-state index in [0.29, 0.717) is 23.4 Å². The Bertz CT molecular complexity index is 971. The second-order valence-corrected chi connectivity index (χ2v) is 8.13. The summed E-state index contributed by atoms with van der Waals surface area (Å²) in [6, 6.07) is 8.20. The number of piperidine rings is 1. The van der Waals surface area contributed by atoms with Gasteiger partial charge in [-0.15, -0.1) is 0 Å². The van der Waals surface area contributed by atoms with Crippen LogP contribution in [0.2, 0.25) is 5.02 Å². The number of sulfonamides is 1. The molecule has 2 heterocycles. The van der Waals surface area contributed by atoms with Crippen LogP contribution in [0.1, 0.15) is 18.5 Å². The molecule has 0 spiro atoms. The maximum Gasteiger partial charge on any atom is 0.279 e. The Morgan fingerprint density at radius 1 is 1.31 bits per heavy atom. The number of carbonyl (C=O) groups excluding carboxylic acids is 1. The van der Waals surface area contributed by atoms with Crippen molar-refractivity contribution in [3.63, 3.8) is 0 Å². The molecule has 10 heteroatoms. The molecular weight excluding hydrogens is 380 g/mol. The molecule has 3 rings (SSSR count). The molecule has 0 aliphatic carbocycles. The molecule has 0 saturated carbocycles. The van der Waals surface area contributed by atoms with Crippen LogP contribution in [-0.4, -0.2) is 36.7 Å². The number of rotatable bonds is 4. The monoisotopic (exact) mass is 394 g/mol. The number of amides is 1. The van der Waals surface area contributed by atoms with Gasteiger partial charge in [-0.2, -0.15) is 14.6 Å². The number of oxazole rings is 1. The molecule has 0 bridgehead atoms. The number of primary amides is 1. The van der Waals surface area contributed by atoms with Crippen LogP contribution in [0.25, 0.3) is 11.5 Å². The molecule has 1 aliphatic heterocycles. The highest BCUT2D eigenvalue weighted by Crippen LogP contribution is 2.30. The normalized spacial score (nSPS) is 16.3. The van der Waals surface area contributed by atoms with Gasteiger partial charge in [0.1, 0.15) is 6.07 Å². The Balaban J connectivity index is 1.92. The van der Waals surface area contributed by atoms with E-state index in [1.807, 2.05) is 0 Å². The molecule has 0 unspecified atom stereocenters. The number of aromatic nitrogens is 1. The fraction of sp³-hybridized carbons (Fsp3) is 0.312. The summed E-state index contributed by atoms with van der Waals surface area (Å²) in [6.07, 6.45) is 0.656. The van der Waals surface area contributed by atoms with Crippen LogP contribution in [0.15, 0.2) is 33.8 Å². The third-order valence-corrected chi connectivity index (χ3v) is 6.27. The Morgan fingerprint density at radius 3 is 2.46 bits per heavy atom. The van der Waals surface area contributed by atoms with Gasteiger partial charge in [0.25, 0.3) is 15.1 Å². The topological polar surface area (TPSA) is 130 Å². The number of benzene rings is 1. The van der Waals surface area contributed by atoms with Crippen LogP contribution in [0, 0.1) is 17.2 Å². The molecule has 0 radical (unpaired) electrons. The number of hydrogen-bond donors (Lipinski definition) is 1. The largest absolute Gasteiger partial charge is 0.422 e. The van der Waals surface area contributed by atoms with Gasteiger partial charge in [-0.3, -0.25) is 4.79 Å². The van der Waals surface area contributed by atoms with Gasteiger partial charge in [-0.1, -0.05) is 11.6 Å². The summed E-state index contributed by atoms with van der Waals surface area (Å²) in [5.74, 6) is -0.774. The average Bonchev–Trinajstić information content (AvgIpc) is 3.07. The lowest BCUT2D eigenvalue weighted by atomic mass is 9.98. The third kappa shape index (κ3) is 3.44. The van der Waals surface area contributed by atoms with E-state index in [1.165, 1.54) is 4.31 Å². The van der Waals surface area contributed by atoms with Gasteiger partial charge in [-0.25, -0.2) is 8.42 Å². The van der Waals surface area contributed by atoms with Crippen molar-refractivity contribution in [3.05, 3.63) is 35.0 Å². The molecule has 1 fully saturated rings. The van der Waals surface area contributed by atoms with E-state index >= 15 is 0 Å². The molecule has 1 amide bonds. The molecular formula is C16H15ClN4O4S. The van der Waals surface area contributed by atoms with Crippen molar-refractivity contribution >= 4 is 27.5 Å². The standard InChI is InChI=1S/C16H15ClN4O4S/c17-12-3-1-11(2-4-12)15-20-13(9-18)16(25-15)26(23,24)21-7-5-10(6-8-21)14(19)22/h1-4,10H,5-8H2,(H2,19,22). The SMILES string of the molecule is N#Cc1nc(-c2ccc(Cl)cc2)oc1S(=O)(=O)N1CCC(C(N)=O)CC1. The first-order valence-electron chi connectivity index (χ1n) is 7.79. The predicted octanol–water partition coefficient (Wildman–Crippen LogP) is 1.75. The molecule has 1 aliphatic rings. The van der Waals surface area contributed by atoms with Crippen molar-refractivity contribution in [1.82, 2.24) is 9.29 Å². The zero-order valence-corrected chi connectivity index (χ0v) is 15.1. The summed E-state index contributed by atoms with van der Waals surface area (Å²) in [7, 11) is -4.05. The van der Waals surface area contributed by atoms with Crippen molar-refractivity contribution in [2.24, 2.45) is 11.7 Å². The van der Waals surface area contributed by atoms with Crippen molar-refractivity contribution in [3.8, 4) is 17.5 Å². The number of carbonyl (C=O) groups is 1. The van der Waals surface area contributed by atoms with Crippen LogP contribution in [0.3, 0.4) is 0 Å². The molecule has 2 aromatic rings. The Kier molecular flexibility index (Phi) is 5.00. The lowest BCUT2D eigenvalue weighted by Gasteiger charge is -2.28. The molecule has 1 saturated heterocycles. The van der Waals surface area contributed by atoms with E-state index in [4.69, 9.17) is 21.8 Å². The first kappa shape index (κ1) is 18.4. The second kappa shape index (κ2) is 7.07. The number of nitrogens with two attached hydrogens (primary N) is 1. The number of nitriles is 1. The highest BCUT2D eigenvalue weighted by molar-refractivity contribution is 7.89. The van der Waals surface area contributed by atoms with E-state index in [0.717, 1.165) is 0 Å². The predicted molar refractivity (Wildman–Crippen MR) is 92.3 cm³/mol. The van der Waals surface area contributed by atoms with E-state index in [9.17, 15) is 18.5 Å². The Labute approximate surface area is 155 Å². The summed E-state index contributed by atoms with van der Waals surface area (Å²) in [4.78, 5) is 15.2. The van der Waals surface area contributed by atoms with Crippen LogP contribution in [0.5, 0.6) is 0 Å². The fourth-order valence-corrected chi connectivity index (χ4v) is 4.34. The molecule has 8 nitrogen and oxygen atoms in total. The van der Waals surface area contributed by atoms with Gasteiger partial charge in [-0.05, 0) is 37.1 Å². The lowest BCUT2D eigenvalue weighted by Crippen LogP contribution is -2.41. The highest BCUT2D eigenvalue weighted by atomic mass is 35.5. The van der Waals surface area contributed by atoms with Crippen molar-refractivity contribution in [2.45, 2.75) is 17.9 Å². The van der Waals surface area contributed by atoms with Crippen LogP contribution >= 0.6 is 11.6 Å². The quantitative estimate of drug-likeness (QED) is 0.840. The Hall–Kier alpha value is -2.41. The fourth-order valence-electron chi connectivity index (χ4n) is 2.77. The van der Waals surface area contributed by atoms with Crippen molar-refractivity contribution in [2.75, 3.05) is 13.1 Å². The van der Waals surface area contributed by atoms with Gasteiger partial charge in [0.15, 0.2) is 5.69 Å². The molecule has 1 aromatic carbocycles. The molecule has 26 heavy (non-hydrogen) atoms. The molecule has 136 valence electrons. The van der Waals surface area contributed by atoms with Gasteiger partial charge in [0.05, 0.1) is 0 Å². The van der Waals surface area contributed by atoms with Gasteiger partial charge < -0.3 is 10.2 Å². The first-order valence-corrected chi connectivity index (χ1v) is 9.61. The number of nitrogens with zero attached hydrogens (tertiary/aromatic N) is 3. The maximum absolute atomic E-state index is 12.8. The minimum atomic E-state index is -4.05. The summed E-state index contributed by atoms with van der Waals surface area (Å²) in [5, 5.41) is 9.27. The van der Waals surface area contributed by atoms with Crippen LogP contribution in [-0.2, 0) is 14.8 Å². The lowest BCUT2D eigenvalue weighted by molar-refractivity contribution is -0.122. The Morgan fingerprint density at radius 2 is 1.92 bits per heavy atom. The molecule has 0 atom stereocenters. The van der Waals surface area contributed by atoms with E-state index in [1.54, 1.807) is 30.3 Å². The number of halogens is 1. The summed E-state index contributed by atoms with van der Waals surface area (Å²) in [5.41, 5.74) is 5.46. The van der Waals surface area contributed by atoms with Gasteiger partial charge in [0, 0.05) is 29.6 Å². The molecule has 1 aromatic heterocycles. The van der Waals surface area contributed by atoms with E-state index in [-0.39, 0.29) is 30.6 Å². The zero-order chi connectivity index (χ0) is 18.9. The van der Waals surface area contributed by atoms with Crippen molar-refractivity contribution in [1.29, 1.82) is 5.26 Å². The first-order chi connectivity index (χ1) is 12.3. The van der Waals surface area contributed by atoms with E-state index < -0.39 is 21.0 Å². The maximum atomic E-state index is 12.8. The van der Waals surface area contributed by atoms with Gasteiger partial charge >= 0.3 is 0 Å². The summed E-state index contributed by atoms with van der Waals surface area (Å²) in [6.45, 7) is 0.246. The van der Waals surface area contributed by atoms with Gasteiger partial charge in [0.2, 0.25) is 11.8 Å². The number of hydrogen-bond acceptors (Lipinski definition) is 6.